The van der Waals surface area contributed by atoms with Gasteiger partial charge in [0.1, 0.15) is 18.0 Å². The fourth-order valence-corrected chi connectivity index (χ4v) is 6.55. The zero-order valence-corrected chi connectivity index (χ0v) is 24.1. The quantitative estimate of drug-likeness (QED) is 0.494. The first-order valence-electron chi connectivity index (χ1n) is 14.1. The van der Waals surface area contributed by atoms with Gasteiger partial charge in [-0.2, -0.15) is 0 Å². The lowest BCUT2D eigenvalue weighted by Gasteiger charge is -2.41. The molecule has 0 amide bonds. The van der Waals surface area contributed by atoms with Crippen molar-refractivity contribution in [3.05, 3.63) is 70.3 Å². The van der Waals surface area contributed by atoms with Gasteiger partial charge in [-0.25, -0.2) is 15.0 Å². The van der Waals surface area contributed by atoms with Crippen molar-refractivity contribution in [3.8, 4) is 0 Å². The molecule has 1 fully saturated rings. The van der Waals surface area contributed by atoms with Crippen LogP contribution in [0.1, 0.15) is 36.2 Å². The van der Waals surface area contributed by atoms with E-state index in [0.717, 1.165) is 62.2 Å². The van der Waals surface area contributed by atoms with Gasteiger partial charge in [-0.1, -0.05) is 31.5 Å². The first-order valence-corrected chi connectivity index (χ1v) is 14.5. The summed E-state index contributed by atoms with van der Waals surface area (Å²) in [6, 6.07) is 10.6. The van der Waals surface area contributed by atoms with Crippen LogP contribution >= 0.6 is 11.6 Å². The number of halogens is 1. The molecular weight excluding hydrogens is 508 g/mol. The molecule has 5 heterocycles. The lowest BCUT2D eigenvalue weighted by Crippen LogP contribution is -2.49. The van der Waals surface area contributed by atoms with E-state index in [1.807, 2.05) is 12.1 Å². The van der Waals surface area contributed by atoms with Crippen molar-refractivity contribution in [2.45, 2.75) is 38.8 Å². The molecule has 3 aliphatic heterocycles. The first-order chi connectivity index (χ1) is 18.9. The van der Waals surface area contributed by atoms with Crippen molar-refractivity contribution in [2.24, 2.45) is 0 Å². The van der Waals surface area contributed by atoms with Crippen LogP contribution in [0.4, 0.5) is 17.3 Å². The molecule has 1 saturated heterocycles. The number of piperazine rings is 1. The SMILES string of the molecule is CN1CCN(CCN2Cc3cc(Nc4ncnc5c4CCN(c4ncccc4Cl)C5)ccc3C(C)(C)C2)CC1. The summed E-state index contributed by atoms with van der Waals surface area (Å²) < 4.78 is 0. The molecule has 0 bridgehead atoms. The molecule has 0 aliphatic carbocycles. The van der Waals surface area contributed by atoms with Gasteiger partial charge in [0.25, 0.3) is 0 Å². The van der Waals surface area contributed by atoms with Crippen molar-refractivity contribution < 1.29 is 0 Å². The van der Waals surface area contributed by atoms with Gasteiger partial charge in [-0.05, 0) is 48.9 Å². The van der Waals surface area contributed by atoms with Crippen LogP contribution in [-0.2, 0) is 24.9 Å². The van der Waals surface area contributed by atoms with E-state index in [2.05, 4.69) is 79.0 Å². The summed E-state index contributed by atoms with van der Waals surface area (Å²) >= 11 is 6.42. The number of rotatable bonds is 6. The van der Waals surface area contributed by atoms with E-state index in [0.29, 0.717) is 11.6 Å². The third-order valence-electron chi connectivity index (χ3n) is 8.48. The number of benzene rings is 1. The van der Waals surface area contributed by atoms with Crippen LogP contribution in [0.2, 0.25) is 5.02 Å². The smallest absolute Gasteiger partial charge is 0.147 e. The second-order valence-corrected chi connectivity index (χ2v) is 12.3. The van der Waals surface area contributed by atoms with E-state index < -0.39 is 0 Å². The average molecular weight is 547 g/mol. The molecule has 6 rings (SSSR count). The largest absolute Gasteiger partial charge is 0.349 e. The zero-order chi connectivity index (χ0) is 27.0. The maximum Gasteiger partial charge on any atom is 0.147 e. The minimum atomic E-state index is 0.124. The van der Waals surface area contributed by atoms with Gasteiger partial charge in [0.05, 0.1) is 17.3 Å². The van der Waals surface area contributed by atoms with Gasteiger partial charge in [0, 0.05) is 81.8 Å². The third kappa shape index (κ3) is 5.75. The van der Waals surface area contributed by atoms with E-state index >= 15 is 0 Å². The van der Waals surface area contributed by atoms with Gasteiger partial charge in [-0.15, -0.1) is 0 Å². The van der Waals surface area contributed by atoms with Gasteiger partial charge < -0.3 is 15.1 Å². The highest BCUT2D eigenvalue weighted by atomic mass is 35.5. The van der Waals surface area contributed by atoms with Gasteiger partial charge >= 0.3 is 0 Å². The Hall–Kier alpha value is -2.78. The highest BCUT2D eigenvalue weighted by Gasteiger charge is 2.32. The Balaban J connectivity index is 1.16. The molecule has 1 aromatic carbocycles. The fraction of sp³-hybridized carbons (Fsp3) is 0.500. The number of hydrogen-bond acceptors (Lipinski definition) is 8. The molecule has 1 N–H and O–H groups in total. The Labute approximate surface area is 237 Å². The summed E-state index contributed by atoms with van der Waals surface area (Å²) in [6.45, 7) is 15.3. The van der Waals surface area contributed by atoms with Crippen LogP contribution < -0.4 is 10.2 Å². The molecule has 0 saturated carbocycles. The number of pyridine rings is 1. The molecule has 39 heavy (non-hydrogen) atoms. The highest BCUT2D eigenvalue weighted by Crippen LogP contribution is 2.36. The topological polar surface area (TPSA) is 63.7 Å². The van der Waals surface area contributed by atoms with Crippen molar-refractivity contribution in [1.82, 2.24) is 29.7 Å². The number of likely N-dealkylation sites (N-methyl/N-ethyl adjacent to an activating group) is 1. The standard InChI is InChI=1S/C30H39ClN8/c1-30(2)20-38(16-15-37-13-11-36(3)12-14-37)18-22-17-23(6-7-25(22)30)35-28-24-8-10-39(19-27(24)33-21-34-28)29-26(31)5-4-9-32-29/h4-7,9,17,21H,8,10-16,18-20H2,1-3H3,(H,33,34,35). The minimum absolute atomic E-state index is 0.124. The maximum atomic E-state index is 6.42. The fourth-order valence-electron chi connectivity index (χ4n) is 6.31. The normalized spacial score (nSPS) is 19.9. The Morgan fingerprint density at radius 1 is 0.949 bits per heavy atom. The molecule has 0 spiro atoms. The summed E-state index contributed by atoms with van der Waals surface area (Å²) in [5.74, 6) is 1.71. The van der Waals surface area contributed by atoms with Crippen LogP contribution in [0.25, 0.3) is 0 Å². The Morgan fingerprint density at radius 3 is 2.59 bits per heavy atom. The number of nitrogens with one attached hydrogen (secondary N) is 1. The molecule has 2 aromatic heterocycles. The number of aromatic nitrogens is 3. The predicted octanol–water partition coefficient (Wildman–Crippen LogP) is 4.17. The number of hydrogen-bond donors (Lipinski definition) is 1. The maximum absolute atomic E-state index is 6.42. The van der Waals surface area contributed by atoms with Crippen molar-refractivity contribution in [3.63, 3.8) is 0 Å². The summed E-state index contributed by atoms with van der Waals surface area (Å²) in [6.07, 6.45) is 4.28. The van der Waals surface area contributed by atoms with Crippen LogP contribution in [0.3, 0.4) is 0 Å². The highest BCUT2D eigenvalue weighted by molar-refractivity contribution is 6.32. The first kappa shape index (κ1) is 26.4. The predicted molar refractivity (Wildman–Crippen MR) is 158 cm³/mol. The zero-order valence-electron chi connectivity index (χ0n) is 23.3. The molecule has 0 unspecified atom stereocenters. The van der Waals surface area contributed by atoms with E-state index in [-0.39, 0.29) is 5.41 Å². The lowest BCUT2D eigenvalue weighted by molar-refractivity contribution is 0.120. The van der Waals surface area contributed by atoms with Gasteiger partial charge in [0.15, 0.2) is 0 Å². The van der Waals surface area contributed by atoms with Crippen LogP contribution in [-0.4, -0.2) is 89.1 Å². The van der Waals surface area contributed by atoms with E-state index in [9.17, 15) is 0 Å². The van der Waals surface area contributed by atoms with Gasteiger partial charge in [-0.3, -0.25) is 9.80 Å². The number of fused-ring (bicyclic) bond motifs is 2. The van der Waals surface area contributed by atoms with Crippen molar-refractivity contribution in [1.29, 1.82) is 0 Å². The molecule has 206 valence electrons. The molecule has 0 radical (unpaired) electrons. The summed E-state index contributed by atoms with van der Waals surface area (Å²) in [4.78, 5) is 23.6. The van der Waals surface area contributed by atoms with E-state index in [1.165, 1.54) is 42.9 Å². The van der Waals surface area contributed by atoms with Crippen LogP contribution in [0, 0.1) is 0 Å². The summed E-state index contributed by atoms with van der Waals surface area (Å²) in [5.41, 5.74) is 6.27. The summed E-state index contributed by atoms with van der Waals surface area (Å²) in [7, 11) is 2.22. The molecule has 8 nitrogen and oxygen atoms in total. The lowest BCUT2D eigenvalue weighted by atomic mass is 9.78. The second kappa shape index (κ2) is 11.0. The molecule has 9 heteroatoms. The summed E-state index contributed by atoms with van der Waals surface area (Å²) in [5, 5.41) is 4.30. The van der Waals surface area contributed by atoms with Gasteiger partial charge in [0.2, 0.25) is 0 Å². The Morgan fingerprint density at radius 2 is 1.77 bits per heavy atom. The van der Waals surface area contributed by atoms with E-state index in [1.54, 1.807) is 12.5 Å². The third-order valence-corrected chi connectivity index (χ3v) is 8.78. The molecule has 0 atom stereocenters. The molecule has 3 aromatic rings. The van der Waals surface area contributed by atoms with Crippen LogP contribution in [0.5, 0.6) is 0 Å². The number of anilines is 3. The monoisotopic (exact) mass is 546 g/mol. The Bertz CT molecular complexity index is 1320. The van der Waals surface area contributed by atoms with Crippen molar-refractivity contribution >= 4 is 28.9 Å². The molecular formula is C30H39ClN8. The second-order valence-electron chi connectivity index (χ2n) is 11.9. The minimum Gasteiger partial charge on any atom is -0.349 e. The number of nitrogens with zero attached hydrogens (tertiary/aromatic N) is 7. The Kier molecular flexibility index (Phi) is 7.46. The van der Waals surface area contributed by atoms with Crippen molar-refractivity contribution in [2.75, 3.05) is 69.6 Å². The van der Waals surface area contributed by atoms with E-state index in [4.69, 9.17) is 11.6 Å². The molecule has 3 aliphatic rings. The average Bonchev–Trinajstić information content (AvgIpc) is 2.92. The van der Waals surface area contributed by atoms with Crippen LogP contribution in [0.15, 0.2) is 42.9 Å².